The van der Waals surface area contributed by atoms with Crippen LogP contribution in [0.15, 0.2) is 24.3 Å². The monoisotopic (exact) mass is 320 g/mol. The molecule has 2 N–H and O–H groups in total. The molecule has 0 bridgehead atoms. The number of ketones is 1. The maximum atomic E-state index is 12.0. The summed E-state index contributed by atoms with van der Waals surface area (Å²) in [5.74, 6) is 0.154. The maximum absolute atomic E-state index is 12.0. The van der Waals surface area contributed by atoms with Crippen LogP contribution in [0.1, 0.15) is 23.7 Å². The molecule has 1 saturated heterocycles. The molecule has 0 aliphatic carbocycles. The molecule has 114 valence electrons. The van der Waals surface area contributed by atoms with Gasteiger partial charge < -0.3 is 15.3 Å². The van der Waals surface area contributed by atoms with E-state index >= 15 is 0 Å². The van der Waals surface area contributed by atoms with Gasteiger partial charge in [0.1, 0.15) is 0 Å². The van der Waals surface area contributed by atoms with E-state index < -0.39 is 0 Å². The first-order chi connectivity index (χ1) is 8.77. The van der Waals surface area contributed by atoms with Crippen LogP contribution in [-0.2, 0) is 0 Å². The van der Waals surface area contributed by atoms with Crippen molar-refractivity contribution in [1.29, 1.82) is 0 Å². The normalized spacial score (nSPS) is 17.9. The fourth-order valence-corrected chi connectivity index (χ4v) is 2.39. The summed E-state index contributed by atoms with van der Waals surface area (Å²) in [6, 6.07) is 7.72. The zero-order valence-electron chi connectivity index (χ0n) is 11.5. The number of hydrogen-bond donors (Lipinski definition) is 2. The Morgan fingerprint density at radius 1 is 1.40 bits per heavy atom. The molecule has 1 fully saturated rings. The maximum Gasteiger partial charge on any atom is 0.164 e. The molecule has 6 heteroatoms. The number of para-hydroxylation sites is 1. The molecule has 1 aromatic rings. The lowest BCUT2D eigenvalue weighted by atomic mass is 10.0. The second-order valence-electron chi connectivity index (χ2n) is 4.53. The van der Waals surface area contributed by atoms with Crippen LogP contribution >= 0.6 is 24.8 Å². The van der Waals surface area contributed by atoms with Crippen molar-refractivity contribution < 1.29 is 9.90 Å². The number of aliphatic hydroxyl groups is 1. The molecule has 1 heterocycles. The van der Waals surface area contributed by atoms with Crippen molar-refractivity contribution in [3.05, 3.63) is 29.8 Å². The van der Waals surface area contributed by atoms with Gasteiger partial charge in [0.15, 0.2) is 5.78 Å². The Morgan fingerprint density at radius 2 is 2.10 bits per heavy atom. The summed E-state index contributed by atoms with van der Waals surface area (Å²) < 4.78 is 0. The minimum absolute atomic E-state index is 0. The number of carbonyl (C=O) groups is 1. The van der Waals surface area contributed by atoms with E-state index in [0.29, 0.717) is 6.42 Å². The van der Waals surface area contributed by atoms with Crippen molar-refractivity contribution in [2.75, 3.05) is 31.1 Å². The molecule has 1 unspecified atom stereocenters. The van der Waals surface area contributed by atoms with Gasteiger partial charge in [-0.05, 0) is 12.1 Å². The Balaban J connectivity index is 0.00000180. The molecule has 20 heavy (non-hydrogen) atoms. The molecule has 1 aliphatic rings. The number of Topliss-reactive ketones (excluding diaryl/α,β-unsaturated/α-hetero) is 1. The Hall–Kier alpha value is -0.810. The van der Waals surface area contributed by atoms with Crippen LogP contribution in [0, 0.1) is 0 Å². The Morgan fingerprint density at radius 3 is 2.75 bits per heavy atom. The van der Waals surface area contributed by atoms with Gasteiger partial charge in [0.25, 0.3) is 0 Å². The average Bonchev–Trinajstić information content (AvgIpc) is 2.46. The molecule has 0 saturated carbocycles. The minimum atomic E-state index is 0. The number of nitrogens with zero attached hydrogens (tertiary/aromatic N) is 1. The van der Waals surface area contributed by atoms with Crippen LogP contribution < -0.4 is 10.2 Å². The van der Waals surface area contributed by atoms with E-state index in [1.807, 2.05) is 31.2 Å². The number of aliphatic hydroxyl groups excluding tert-OH is 1. The van der Waals surface area contributed by atoms with Crippen molar-refractivity contribution in [2.24, 2.45) is 0 Å². The lowest BCUT2D eigenvalue weighted by molar-refractivity contribution is 0.0988. The van der Waals surface area contributed by atoms with Crippen LogP contribution in [0.25, 0.3) is 0 Å². The predicted octanol–water partition coefficient (Wildman–Crippen LogP) is 1.89. The Bertz CT molecular complexity index is 429. The number of nitrogens with one attached hydrogen (secondary N) is 1. The largest absolute Gasteiger partial charge is 0.394 e. The second-order valence-corrected chi connectivity index (χ2v) is 4.53. The fraction of sp³-hybridized carbons (Fsp3) is 0.500. The van der Waals surface area contributed by atoms with Gasteiger partial charge >= 0.3 is 0 Å². The zero-order chi connectivity index (χ0) is 13.0. The van der Waals surface area contributed by atoms with E-state index in [4.69, 9.17) is 0 Å². The first kappa shape index (κ1) is 19.2. The van der Waals surface area contributed by atoms with Gasteiger partial charge in [-0.15, -0.1) is 24.8 Å². The topological polar surface area (TPSA) is 52.6 Å². The van der Waals surface area contributed by atoms with E-state index in [0.717, 1.165) is 30.9 Å². The third-order valence-corrected chi connectivity index (χ3v) is 3.40. The molecule has 0 aromatic heterocycles. The van der Waals surface area contributed by atoms with Crippen LogP contribution in [0.4, 0.5) is 5.69 Å². The molecule has 0 spiro atoms. The first-order valence-electron chi connectivity index (χ1n) is 6.48. The summed E-state index contributed by atoms with van der Waals surface area (Å²) in [5.41, 5.74) is 1.71. The van der Waals surface area contributed by atoms with E-state index in [-0.39, 0.29) is 43.2 Å². The van der Waals surface area contributed by atoms with Gasteiger partial charge in [0, 0.05) is 37.3 Å². The van der Waals surface area contributed by atoms with Crippen LogP contribution in [0.3, 0.4) is 0 Å². The highest BCUT2D eigenvalue weighted by Crippen LogP contribution is 2.24. The quantitative estimate of drug-likeness (QED) is 0.832. The number of anilines is 1. The highest BCUT2D eigenvalue weighted by Gasteiger charge is 2.24. The summed E-state index contributed by atoms with van der Waals surface area (Å²) in [6.07, 6.45) is 0.507. The summed E-state index contributed by atoms with van der Waals surface area (Å²) >= 11 is 0. The second kappa shape index (κ2) is 9.19. The Labute approximate surface area is 132 Å². The lowest BCUT2D eigenvalue weighted by Gasteiger charge is -2.37. The molecule has 0 amide bonds. The number of hydrogen-bond acceptors (Lipinski definition) is 4. The van der Waals surface area contributed by atoms with Gasteiger partial charge in [-0.25, -0.2) is 0 Å². The number of rotatable bonds is 4. The molecule has 1 aliphatic heterocycles. The molecular weight excluding hydrogens is 299 g/mol. The molecule has 1 atom stereocenters. The number of carbonyl (C=O) groups excluding carboxylic acids is 1. The van der Waals surface area contributed by atoms with Crippen LogP contribution in [0.2, 0.25) is 0 Å². The minimum Gasteiger partial charge on any atom is -0.394 e. The van der Waals surface area contributed by atoms with Crippen LogP contribution in [0.5, 0.6) is 0 Å². The zero-order valence-corrected chi connectivity index (χ0v) is 13.2. The first-order valence-corrected chi connectivity index (χ1v) is 6.48. The third kappa shape index (κ3) is 4.09. The van der Waals surface area contributed by atoms with Crippen molar-refractivity contribution in [1.82, 2.24) is 5.32 Å². The highest BCUT2D eigenvalue weighted by molar-refractivity contribution is 6.01. The van der Waals surface area contributed by atoms with Crippen molar-refractivity contribution in [3.8, 4) is 0 Å². The standard InChI is InChI=1S/C14H20N2O2.2ClH/c1-2-14(18)12-5-3-4-6-13(12)16-8-7-15-9-11(16)10-17;;/h3-6,11,15,17H,2,7-10H2,1H3;2*1H. The molecule has 2 rings (SSSR count). The van der Waals surface area contributed by atoms with Gasteiger partial charge in [0.05, 0.1) is 12.6 Å². The van der Waals surface area contributed by atoms with Gasteiger partial charge in [-0.3, -0.25) is 4.79 Å². The van der Waals surface area contributed by atoms with Crippen molar-refractivity contribution >= 4 is 36.3 Å². The van der Waals surface area contributed by atoms with Gasteiger partial charge in [-0.1, -0.05) is 19.1 Å². The number of halogens is 2. The van der Waals surface area contributed by atoms with E-state index in [1.165, 1.54) is 0 Å². The highest BCUT2D eigenvalue weighted by atomic mass is 35.5. The van der Waals surface area contributed by atoms with Crippen LogP contribution in [-0.4, -0.2) is 43.2 Å². The third-order valence-electron chi connectivity index (χ3n) is 3.40. The van der Waals surface area contributed by atoms with E-state index in [2.05, 4.69) is 10.2 Å². The molecular formula is C14H22Cl2N2O2. The average molecular weight is 321 g/mol. The SMILES string of the molecule is CCC(=O)c1ccccc1N1CCNCC1CO.Cl.Cl. The summed E-state index contributed by atoms with van der Waals surface area (Å²) in [7, 11) is 0. The van der Waals surface area contributed by atoms with Gasteiger partial charge in [0.2, 0.25) is 0 Å². The van der Waals surface area contributed by atoms with Gasteiger partial charge in [-0.2, -0.15) is 0 Å². The lowest BCUT2D eigenvalue weighted by Crippen LogP contribution is -2.53. The Kier molecular flexibility index (Phi) is 8.81. The molecule has 4 nitrogen and oxygen atoms in total. The van der Waals surface area contributed by atoms with Crippen molar-refractivity contribution in [2.45, 2.75) is 19.4 Å². The van der Waals surface area contributed by atoms with Crippen molar-refractivity contribution in [3.63, 3.8) is 0 Å². The number of piperazine rings is 1. The summed E-state index contributed by atoms with van der Waals surface area (Å²) in [5, 5.41) is 12.7. The summed E-state index contributed by atoms with van der Waals surface area (Å²) in [4.78, 5) is 14.1. The molecule has 1 aromatic carbocycles. The predicted molar refractivity (Wildman–Crippen MR) is 86.6 cm³/mol. The smallest absolute Gasteiger partial charge is 0.164 e. The summed E-state index contributed by atoms with van der Waals surface area (Å²) in [6.45, 7) is 4.43. The number of benzene rings is 1. The fourth-order valence-electron chi connectivity index (χ4n) is 2.39. The van der Waals surface area contributed by atoms with E-state index in [1.54, 1.807) is 0 Å². The van der Waals surface area contributed by atoms with E-state index in [9.17, 15) is 9.90 Å². The molecule has 0 radical (unpaired) electrons.